The van der Waals surface area contributed by atoms with E-state index in [1.54, 1.807) is 0 Å². The van der Waals surface area contributed by atoms with E-state index >= 15 is 0 Å². The van der Waals surface area contributed by atoms with Gasteiger partial charge >= 0.3 is 0 Å². The van der Waals surface area contributed by atoms with Gasteiger partial charge in [0.05, 0.1) is 33.7 Å². The Morgan fingerprint density at radius 1 is 1.02 bits per heavy atom. The van der Waals surface area contributed by atoms with E-state index < -0.39 is 17.5 Å². The lowest BCUT2D eigenvalue weighted by atomic mass is 10.1. The first-order valence-electron chi connectivity index (χ1n) is 12.7. The summed E-state index contributed by atoms with van der Waals surface area (Å²) in [6.07, 6.45) is 4.79. The van der Waals surface area contributed by atoms with Crippen LogP contribution in [0.15, 0.2) is 79.4 Å². The number of halogens is 1. The third kappa shape index (κ3) is 4.20. The molecule has 0 atom stereocenters. The van der Waals surface area contributed by atoms with E-state index in [9.17, 15) is 14.0 Å². The van der Waals surface area contributed by atoms with Crippen LogP contribution in [0.1, 0.15) is 10.4 Å². The van der Waals surface area contributed by atoms with E-state index in [0.29, 0.717) is 26.2 Å². The molecule has 0 spiro atoms. The maximum absolute atomic E-state index is 14.8. The first kappa shape index (κ1) is 25.1. The number of fused-ring (bicyclic) bond motifs is 2. The highest BCUT2D eigenvalue weighted by molar-refractivity contribution is 6.45. The topological polar surface area (TPSA) is 142 Å². The lowest BCUT2D eigenvalue weighted by Crippen LogP contribution is -2.51. The van der Waals surface area contributed by atoms with Crippen LogP contribution in [0, 0.1) is 5.82 Å². The summed E-state index contributed by atoms with van der Waals surface area (Å²) < 4.78 is 16.9. The number of anilines is 2. The number of nitrogens with two attached hydrogens (primary N) is 2. The number of H-pyrrole nitrogens is 1. The minimum Gasteiger partial charge on any atom is -0.403 e. The summed E-state index contributed by atoms with van der Waals surface area (Å²) in [5, 5.41) is 1.04. The second-order valence-corrected chi connectivity index (χ2v) is 9.31. The van der Waals surface area contributed by atoms with Gasteiger partial charge in [-0.05, 0) is 24.3 Å². The summed E-state index contributed by atoms with van der Waals surface area (Å²) in [6, 6.07) is 17.9. The number of pyridine rings is 1. The summed E-state index contributed by atoms with van der Waals surface area (Å²) in [4.78, 5) is 41.8. The Bertz CT molecular complexity index is 1750. The highest BCUT2D eigenvalue weighted by atomic mass is 19.1. The number of hydrogen-bond donors (Lipinski definition) is 3. The first-order valence-corrected chi connectivity index (χ1v) is 12.7. The molecule has 202 valence electrons. The van der Waals surface area contributed by atoms with Crippen LogP contribution in [0.4, 0.5) is 16.2 Å². The van der Waals surface area contributed by atoms with Crippen LogP contribution in [0.25, 0.3) is 27.6 Å². The predicted octanol–water partition coefficient (Wildman–Crippen LogP) is 2.68. The molecule has 5 N–H and O–H groups in total. The number of benzene rings is 2. The standard InChI is InChI=1S/C28H26FN9O2/c29-20-17-33-26(37(31)11-10-30)24-23(20)19(16-32-24)25(39)27(40)35-12-14-36(15-13-35)28-34-21-8-4-5-9-22(21)38(28)18-6-2-1-3-7-18/h1-11,16-17,32H,12-15,30-31H2/b11-10-. The number of hydrogen-bond acceptors (Lipinski definition) is 8. The summed E-state index contributed by atoms with van der Waals surface area (Å²) in [5.41, 5.74) is 8.31. The van der Waals surface area contributed by atoms with Crippen molar-refractivity contribution in [3.63, 3.8) is 0 Å². The molecule has 1 aliphatic heterocycles. The number of hydrazine groups is 1. The molecule has 5 aromatic rings. The Kier molecular flexibility index (Phi) is 6.36. The van der Waals surface area contributed by atoms with Crippen LogP contribution in [0.2, 0.25) is 0 Å². The Labute approximate surface area is 228 Å². The van der Waals surface area contributed by atoms with E-state index in [0.717, 1.165) is 33.9 Å². The second kappa shape index (κ2) is 10.2. The van der Waals surface area contributed by atoms with E-state index in [1.807, 2.05) is 54.6 Å². The number of amides is 1. The molecule has 0 radical (unpaired) electrons. The van der Waals surface area contributed by atoms with Crippen molar-refractivity contribution in [3.05, 3.63) is 90.8 Å². The van der Waals surface area contributed by atoms with Gasteiger partial charge in [-0.3, -0.25) is 19.2 Å². The van der Waals surface area contributed by atoms with Crippen LogP contribution < -0.4 is 21.5 Å². The SMILES string of the molecule is N/C=C\N(N)c1ncc(F)c2c(C(=O)C(=O)N3CCN(c4nc5ccccc5n4-c4ccccc4)CC3)c[nH]c12. The molecule has 11 nitrogen and oxygen atoms in total. The number of carbonyl (C=O) groups excluding carboxylic acids is 2. The van der Waals surface area contributed by atoms with E-state index in [2.05, 4.69) is 19.4 Å². The van der Waals surface area contributed by atoms with Crippen molar-refractivity contribution in [2.75, 3.05) is 36.1 Å². The molecule has 0 unspecified atom stereocenters. The zero-order chi connectivity index (χ0) is 27.8. The maximum Gasteiger partial charge on any atom is 0.295 e. The van der Waals surface area contributed by atoms with Crippen molar-refractivity contribution in [2.24, 2.45) is 11.6 Å². The number of ketones is 1. The number of aromatic nitrogens is 4. The van der Waals surface area contributed by atoms with Crippen molar-refractivity contribution in [1.29, 1.82) is 0 Å². The number of nitrogens with one attached hydrogen (secondary N) is 1. The normalized spacial score (nSPS) is 13.9. The molecular weight excluding hydrogens is 513 g/mol. The minimum atomic E-state index is -0.815. The summed E-state index contributed by atoms with van der Waals surface area (Å²) in [6.45, 7) is 1.55. The third-order valence-electron chi connectivity index (χ3n) is 6.98. The number of Topliss-reactive ketones (excluding diaryl/α,β-unsaturated/α-hetero) is 1. The van der Waals surface area contributed by atoms with Crippen LogP contribution in [0.5, 0.6) is 0 Å². The molecule has 0 aliphatic carbocycles. The molecule has 4 heterocycles. The maximum atomic E-state index is 14.8. The second-order valence-electron chi connectivity index (χ2n) is 9.31. The fourth-order valence-corrected chi connectivity index (χ4v) is 5.06. The van der Waals surface area contributed by atoms with Gasteiger partial charge in [-0.25, -0.2) is 20.2 Å². The van der Waals surface area contributed by atoms with Crippen molar-refractivity contribution in [1.82, 2.24) is 24.4 Å². The number of aromatic amines is 1. The number of para-hydroxylation sites is 3. The Balaban J connectivity index is 1.24. The molecule has 0 bridgehead atoms. The summed E-state index contributed by atoms with van der Waals surface area (Å²) >= 11 is 0. The van der Waals surface area contributed by atoms with Crippen molar-refractivity contribution < 1.29 is 14.0 Å². The number of piperazine rings is 1. The molecule has 12 heteroatoms. The molecule has 6 rings (SSSR count). The van der Waals surface area contributed by atoms with Crippen LogP contribution in [-0.2, 0) is 4.79 Å². The molecule has 1 aliphatic rings. The first-order chi connectivity index (χ1) is 19.5. The van der Waals surface area contributed by atoms with Gasteiger partial charge in [-0.1, -0.05) is 30.3 Å². The van der Waals surface area contributed by atoms with Gasteiger partial charge in [0, 0.05) is 50.5 Å². The Morgan fingerprint density at radius 3 is 2.50 bits per heavy atom. The highest BCUT2D eigenvalue weighted by Crippen LogP contribution is 2.30. The lowest BCUT2D eigenvalue weighted by Gasteiger charge is -2.35. The molecular formula is C28H26FN9O2. The Hall–Kier alpha value is -5.23. The van der Waals surface area contributed by atoms with Gasteiger partial charge in [0.2, 0.25) is 5.95 Å². The average Bonchev–Trinajstić information content (AvgIpc) is 3.60. The zero-order valence-electron chi connectivity index (χ0n) is 21.4. The van der Waals surface area contributed by atoms with Crippen LogP contribution >= 0.6 is 0 Å². The number of imidazole rings is 1. The molecule has 1 amide bonds. The highest BCUT2D eigenvalue weighted by Gasteiger charge is 2.31. The largest absolute Gasteiger partial charge is 0.403 e. The van der Waals surface area contributed by atoms with E-state index in [1.165, 1.54) is 23.5 Å². The number of nitrogens with zero attached hydrogens (tertiary/aromatic N) is 6. The average molecular weight is 540 g/mol. The fourth-order valence-electron chi connectivity index (χ4n) is 5.06. The molecule has 40 heavy (non-hydrogen) atoms. The van der Waals surface area contributed by atoms with E-state index in [-0.39, 0.29) is 22.3 Å². The fraction of sp³-hybridized carbons (Fsp3) is 0.143. The van der Waals surface area contributed by atoms with Crippen LogP contribution in [-0.4, -0.2) is 62.3 Å². The van der Waals surface area contributed by atoms with Gasteiger partial charge in [-0.2, -0.15) is 0 Å². The van der Waals surface area contributed by atoms with Crippen LogP contribution in [0.3, 0.4) is 0 Å². The zero-order valence-corrected chi connectivity index (χ0v) is 21.4. The predicted molar refractivity (Wildman–Crippen MR) is 150 cm³/mol. The number of carbonyl (C=O) groups is 2. The van der Waals surface area contributed by atoms with Gasteiger partial charge in [0.15, 0.2) is 11.6 Å². The van der Waals surface area contributed by atoms with Crippen molar-refractivity contribution in [2.45, 2.75) is 0 Å². The van der Waals surface area contributed by atoms with Gasteiger partial charge in [0.25, 0.3) is 11.7 Å². The third-order valence-corrected chi connectivity index (χ3v) is 6.98. The van der Waals surface area contributed by atoms with Crippen molar-refractivity contribution >= 4 is 45.4 Å². The molecule has 0 saturated carbocycles. The lowest BCUT2D eigenvalue weighted by molar-refractivity contribution is -0.126. The molecule has 1 saturated heterocycles. The quantitative estimate of drug-likeness (QED) is 0.129. The molecule has 2 aromatic carbocycles. The van der Waals surface area contributed by atoms with E-state index in [4.69, 9.17) is 16.6 Å². The Morgan fingerprint density at radius 2 is 1.75 bits per heavy atom. The van der Waals surface area contributed by atoms with Gasteiger partial charge in [-0.15, -0.1) is 0 Å². The summed E-state index contributed by atoms with van der Waals surface area (Å²) in [7, 11) is 0. The smallest absolute Gasteiger partial charge is 0.295 e. The monoisotopic (exact) mass is 539 g/mol. The molecule has 1 fully saturated rings. The van der Waals surface area contributed by atoms with Gasteiger partial charge < -0.3 is 20.5 Å². The molecule has 3 aromatic heterocycles. The van der Waals surface area contributed by atoms with Crippen molar-refractivity contribution in [3.8, 4) is 5.69 Å². The summed E-state index contributed by atoms with van der Waals surface area (Å²) in [5.74, 6) is 4.56. The van der Waals surface area contributed by atoms with Gasteiger partial charge in [0.1, 0.15) is 0 Å². The minimum absolute atomic E-state index is 0.0561. The number of rotatable bonds is 6.